The predicted molar refractivity (Wildman–Crippen MR) is 95.7 cm³/mol. The van der Waals surface area contributed by atoms with Gasteiger partial charge in [0.15, 0.2) is 5.11 Å². The summed E-state index contributed by atoms with van der Waals surface area (Å²) in [6, 6.07) is 15.8. The third-order valence-electron chi connectivity index (χ3n) is 3.96. The van der Waals surface area contributed by atoms with E-state index in [1.165, 1.54) is 7.11 Å². The number of thiocarbonyl (C=S) groups is 1. The molecule has 1 aliphatic rings. The molecule has 1 unspecified atom stereocenters. The Morgan fingerprint density at radius 3 is 2.78 bits per heavy atom. The third-order valence-corrected chi connectivity index (χ3v) is 4.26. The molecule has 0 spiro atoms. The lowest BCUT2D eigenvalue weighted by Crippen LogP contribution is -2.43. The summed E-state index contributed by atoms with van der Waals surface area (Å²) in [5, 5.41) is 3.84. The maximum atomic E-state index is 11.9. The Morgan fingerprint density at radius 2 is 2.04 bits per heavy atom. The van der Waals surface area contributed by atoms with Gasteiger partial charge in [-0.3, -0.25) is 4.79 Å². The van der Waals surface area contributed by atoms with Gasteiger partial charge in [-0.2, -0.15) is 0 Å². The molecule has 1 heterocycles. The first kappa shape index (κ1) is 15.5. The quantitative estimate of drug-likeness (QED) is 0.686. The summed E-state index contributed by atoms with van der Waals surface area (Å²) >= 11 is 5.56. The van der Waals surface area contributed by atoms with Gasteiger partial charge in [0.05, 0.1) is 19.6 Å². The number of hydrogen-bond acceptors (Lipinski definition) is 3. The molecule has 0 radical (unpaired) electrons. The first-order valence-corrected chi connectivity index (χ1v) is 7.83. The molecule has 2 aromatic carbocycles. The molecular weight excluding hydrogens is 308 g/mol. The topological polar surface area (TPSA) is 41.6 Å². The van der Waals surface area contributed by atoms with E-state index in [0.717, 1.165) is 22.5 Å². The fourth-order valence-electron chi connectivity index (χ4n) is 2.87. The van der Waals surface area contributed by atoms with E-state index in [-0.39, 0.29) is 18.4 Å². The average molecular weight is 326 g/mol. The van der Waals surface area contributed by atoms with Crippen molar-refractivity contribution in [2.24, 2.45) is 0 Å². The lowest BCUT2D eigenvalue weighted by atomic mass is 9.97. The van der Waals surface area contributed by atoms with E-state index in [9.17, 15) is 4.79 Å². The lowest BCUT2D eigenvalue weighted by Gasteiger charge is -2.39. The van der Waals surface area contributed by atoms with Crippen molar-refractivity contribution < 1.29 is 9.53 Å². The van der Waals surface area contributed by atoms with Crippen LogP contribution in [0.15, 0.2) is 48.5 Å². The van der Waals surface area contributed by atoms with Crippen molar-refractivity contribution in [2.45, 2.75) is 19.4 Å². The highest BCUT2D eigenvalue weighted by atomic mass is 32.1. The molecule has 0 bridgehead atoms. The SMILES string of the molecule is COC(=O)CC1c2ccccc2NC(=S)N1c1cccc(C)c1. The monoisotopic (exact) mass is 326 g/mol. The predicted octanol–water partition coefficient (Wildman–Crippen LogP) is 3.82. The van der Waals surface area contributed by atoms with Gasteiger partial charge in [-0.15, -0.1) is 0 Å². The molecule has 5 heteroatoms. The molecule has 0 fully saturated rings. The van der Waals surface area contributed by atoms with E-state index in [4.69, 9.17) is 17.0 Å². The second-order valence-corrected chi connectivity index (χ2v) is 5.91. The number of fused-ring (bicyclic) bond motifs is 1. The van der Waals surface area contributed by atoms with Gasteiger partial charge in [-0.25, -0.2) is 0 Å². The number of anilines is 2. The maximum Gasteiger partial charge on any atom is 0.307 e. The Kier molecular flexibility index (Phi) is 4.30. The van der Waals surface area contributed by atoms with Crippen LogP contribution in [0.3, 0.4) is 0 Å². The standard InChI is InChI=1S/C18H18N2O2S/c1-12-6-5-7-13(10-12)20-16(11-17(21)22-2)14-8-3-4-9-15(14)19-18(20)23/h3-10,16H,11H2,1-2H3,(H,19,23). The number of methoxy groups -OCH3 is 1. The van der Waals surface area contributed by atoms with Crippen LogP contribution in [-0.4, -0.2) is 18.2 Å². The van der Waals surface area contributed by atoms with Crippen LogP contribution in [-0.2, 0) is 9.53 Å². The minimum Gasteiger partial charge on any atom is -0.469 e. The summed E-state index contributed by atoms with van der Waals surface area (Å²) in [4.78, 5) is 13.9. The fraction of sp³-hybridized carbons (Fsp3) is 0.222. The van der Waals surface area contributed by atoms with Gasteiger partial charge in [-0.05, 0) is 48.5 Å². The number of esters is 1. The number of para-hydroxylation sites is 1. The number of nitrogens with one attached hydrogen (secondary N) is 1. The van der Waals surface area contributed by atoms with Gasteiger partial charge in [0.25, 0.3) is 0 Å². The van der Waals surface area contributed by atoms with Crippen molar-refractivity contribution in [1.29, 1.82) is 0 Å². The highest BCUT2D eigenvalue weighted by Gasteiger charge is 2.33. The lowest BCUT2D eigenvalue weighted by molar-refractivity contribution is -0.141. The first-order valence-electron chi connectivity index (χ1n) is 7.43. The van der Waals surface area contributed by atoms with Crippen molar-refractivity contribution in [1.82, 2.24) is 0 Å². The molecule has 0 amide bonds. The van der Waals surface area contributed by atoms with Crippen molar-refractivity contribution >= 4 is 34.7 Å². The minimum absolute atomic E-state index is 0.186. The number of nitrogens with zero attached hydrogens (tertiary/aromatic N) is 1. The molecule has 1 N–H and O–H groups in total. The Bertz CT molecular complexity index is 760. The summed E-state index contributed by atoms with van der Waals surface area (Å²) < 4.78 is 4.88. The maximum absolute atomic E-state index is 11.9. The normalized spacial score (nSPS) is 16.5. The van der Waals surface area contributed by atoms with Crippen LogP contribution >= 0.6 is 12.2 Å². The van der Waals surface area contributed by atoms with Crippen molar-refractivity contribution in [2.75, 3.05) is 17.3 Å². The van der Waals surface area contributed by atoms with Crippen LogP contribution in [0.5, 0.6) is 0 Å². The second kappa shape index (κ2) is 6.38. The number of ether oxygens (including phenoxy) is 1. The number of rotatable bonds is 3. The Labute approximate surface area is 141 Å². The number of hydrogen-bond donors (Lipinski definition) is 1. The van der Waals surface area contributed by atoms with Gasteiger partial charge in [0.1, 0.15) is 0 Å². The largest absolute Gasteiger partial charge is 0.469 e. The third kappa shape index (κ3) is 3.05. The molecule has 1 atom stereocenters. The summed E-state index contributed by atoms with van der Waals surface area (Å²) in [6.45, 7) is 2.03. The molecule has 4 nitrogen and oxygen atoms in total. The van der Waals surface area contributed by atoms with E-state index in [1.54, 1.807) is 0 Å². The van der Waals surface area contributed by atoms with Crippen LogP contribution in [0.2, 0.25) is 0 Å². The van der Waals surface area contributed by atoms with E-state index < -0.39 is 0 Å². The molecule has 2 aromatic rings. The summed E-state index contributed by atoms with van der Waals surface area (Å²) in [7, 11) is 1.41. The smallest absolute Gasteiger partial charge is 0.307 e. The molecule has 3 rings (SSSR count). The van der Waals surface area contributed by atoms with E-state index in [1.807, 2.05) is 54.3 Å². The number of benzene rings is 2. The van der Waals surface area contributed by atoms with Crippen LogP contribution in [0.1, 0.15) is 23.6 Å². The Hall–Kier alpha value is -2.40. The molecule has 23 heavy (non-hydrogen) atoms. The van der Waals surface area contributed by atoms with Crippen molar-refractivity contribution in [3.63, 3.8) is 0 Å². The van der Waals surface area contributed by atoms with Crippen LogP contribution in [0, 0.1) is 6.92 Å². The zero-order valence-electron chi connectivity index (χ0n) is 13.1. The zero-order chi connectivity index (χ0) is 16.4. The van der Waals surface area contributed by atoms with Gasteiger partial charge in [0, 0.05) is 11.4 Å². The summed E-state index contributed by atoms with van der Waals surface area (Å²) in [6.07, 6.45) is 0.239. The van der Waals surface area contributed by atoms with Crippen LogP contribution in [0.4, 0.5) is 11.4 Å². The van der Waals surface area contributed by atoms with E-state index in [0.29, 0.717) is 5.11 Å². The van der Waals surface area contributed by atoms with Crippen molar-refractivity contribution in [3.05, 3.63) is 59.7 Å². The fourth-order valence-corrected chi connectivity index (χ4v) is 3.22. The molecule has 1 aliphatic heterocycles. The summed E-state index contributed by atoms with van der Waals surface area (Å²) in [5.74, 6) is -0.257. The highest BCUT2D eigenvalue weighted by molar-refractivity contribution is 7.80. The molecule has 0 saturated carbocycles. The van der Waals surface area contributed by atoms with Gasteiger partial charge >= 0.3 is 5.97 Å². The molecule has 118 valence electrons. The number of carbonyl (C=O) groups excluding carboxylic acids is 1. The average Bonchev–Trinajstić information content (AvgIpc) is 2.54. The first-order chi connectivity index (χ1) is 11.1. The van der Waals surface area contributed by atoms with Crippen molar-refractivity contribution in [3.8, 4) is 0 Å². The molecule has 0 saturated heterocycles. The molecular formula is C18H18N2O2S. The zero-order valence-corrected chi connectivity index (χ0v) is 13.9. The molecule has 0 aromatic heterocycles. The minimum atomic E-state index is -0.257. The Balaban J connectivity index is 2.08. The Morgan fingerprint density at radius 1 is 1.26 bits per heavy atom. The van der Waals surface area contributed by atoms with E-state index >= 15 is 0 Å². The molecule has 0 aliphatic carbocycles. The highest BCUT2D eigenvalue weighted by Crippen LogP contribution is 2.38. The second-order valence-electron chi connectivity index (χ2n) is 5.52. The van der Waals surface area contributed by atoms with Crippen LogP contribution in [0.25, 0.3) is 0 Å². The van der Waals surface area contributed by atoms with Gasteiger partial charge in [0.2, 0.25) is 0 Å². The number of carbonyl (C=O) groups is 1. The van der Waals surface area contributed by atoms with Crippen LogP contribution < -0.4 is 10.2 Å². The number of aryl methyl sites for hydroxylation is 1. The van der Waals surface area contributed by atoms with Gasteiger partial charge < -0.3 is 15.0 Å². The summed E-state index contributed by atoms with van der Waals surface area (Å²) in [5.41, 5.74) is 4.08. The van der Waals surface area contributed by atoms with Gasteiger partial charge in [-0.1, -0.05) is 30.3 Å². The van der Waals surface area contributed by atoms with E-state index in [2.05, 4.69) is 11.4 Å².